The monoisotopic (exact) mass is 118 g/mol. The number of aliphatic hydroxyl groups is 2. The van der Waals surface area contributed by atoms with E-state index in [4.69, 9.17) is 10.2 Å². The molecule has 0 aliphatic heterocycles. The molecule has 2 heteroatoms. The summed E-state index contributed by atoms with van der Waals surface area (Å²) in [7, 11) is 0. The highest BCUT2D eigenvalue weighted by molar-refractivity contribution is 4.72. The first-order valence-corrected chi connectivity index (χ1v) is 2.79. The average Bonchev–Trinajstić information content (AvgIpc) is 1.67. The van der Waals surface area contributed by atoms with Crippen LogP contribution in [0.5, 0.6) is 0 Å². The number of rotatable bonds is 2. The Labute approximate surface area is 50.2 Å². The van der Waals surface area contributed by atoms with E-state index in [1.54, 1.807) is 6.92 Å². The maximum Gasteiger partial charge on any atom is 0.0584 e. The van der Waals surface area contributed by atoms with Crippen molar-refractivity contribution in [1.29, 1.82) is 0 Å². The van der Waals surface area contributed by atoms with Gasteiger partial charge in [-0.3, -0.25) is 0 Å². The number of hydrogen-bond donors (Lipinski definition) is 2. The largest absolute Gasteiger partial charge is 0.396 e. The van der Waals surface area contributed by atoms with E-state index in [0.717, 1.165) is 0 Å². The van der Waals surface area contributed by atoms with Crippen molar-refractivity contribution in [2.24, 2.45) is 5.41 Å². The van der Waals surface area contributed by atoms with Crippen molar-refractivity contribution in [3.8, 4) is 0 Å². The second-order valence-electron chi connectivity index (χ2n) is 2.82. The molecule has 0 bridgehead atoms. The molecule has 0 aliphatic carbocycles. The Morgan fingerprint density at radius 2 is 1.88 bits per heavy atom. The lowest BCUT2D eigenvalue weighted by molar-refractivity contribution is 0.0202. The van der Waals surface area contributed by atoms with E-state index in [1.165, 1.54) is 0 Å². The van der Waals surface area contributed by atoms with Gasteiger partial charge in [0.05, 0.1) is 12.7 Å². The SMILES string of the molecule is C[C@@H](O)C(C)(C)CO. The summed E-state index contributed by atoms with van der Waals surface area (Å²) in [4.78, 5) is 0. The normalized spacial score (nSPS) is 16.1. The van der Waals surface area contributed by atoms with E-state index in [1.807, 2.05) is 13.8 Å². The third kappa shape index (κ3) is 1.80. The molecule has 0 saturated carbocycles. The molecule has 0 fully saturated rings. The first-order chi connectivity index (χ1) is 3.50. The Bertz CT molecular complexity index is 66.9. The van der Waals surface area contributed by atoms with Gasteiger partial charge in [0.15, 0.2) is 0 Å². The Kier molecular flexibility index (Phi) is 2.44. The molecular formula is C6H14O2. The molecule has 0 unspecified atom stereocenters. The summed E-state index contributed by atoms with van der Waals surface area (Å²) in [5.74, 6) is 0. The summed E-state index contributed by atoms with van der Waals surface area (Å²) in [6.45, 7) is 5.34. The molecule has 0 amide bonds. The fourth-order valence-electron chi connectivity index (χ4n) is 0.132. The van der Waals surface area contributed by atoms with Crippen LogP contribution in [0.25, 0.3) is 0 Å². The molecular weight excluding hydrogens is 104 g/mol. The molecule has 0 saturated heterocycles. The van der Waals surface area contributed by atoms with Crippen molar-refractivity contribution in [3.05, 3.63) is 0 Å². The molecule has 2 nitrogen and oxygen atoms in total. The molecule has 0 rings (SSSR count). The van der Waals surface area contributed by atoms with Crippen molar-refractivity contribution < 1.29 is 10.2 Å². The van der Waals surface area contributed by atoms with Gasteiger partial charge in [0, 0.05) is 5.41 Å². The van der Waals surface area contributed by atoms with Crippen LogP contribution in [0.2, 0.25) is 0 Å². The minimum Gasteiger partial charge on any atom is -0.396 e. The molecule has 0 radical (unpaired) electrons. The summed E-state index contributed by atoms with van der Waals surface area (Å²) in [5, 5.41) is 17.5. The zero-order chi connectivity index (χ0) is 6.78. The highest BCUT2D eigenvalue weighted by Crippen LogP contribution is 2.17. The van der Waals surface area contributed by atoms with E-state index in [2.05, 4.69) is 0 Å². The molecule has 0 aromatic rings. The van der Waals surface area contributed by atoms with Crippen molar-refractivity contribution in [2.45, 2.75) is 26.9 Å². The van der Waals surface area contributed by atoms with Crippen LogP contribution in [0, 0.1) is 5.41 Å². The fraction of sp³-hybridized carbons (Fsp3) is 1.00. The standard InChI is InChI=1S/C6H14O2/c1-5(8)6(2,3)4-7/h5,7-8H,4H2,1-3H3/t5-/m1/s1. The quantitative estimate of drug-likeness (QED) is 0.550. The highest BCUT2D eigenvalue weighted by Gasteiger charge is 2.22. The smallest absolute Gasteiger partial charge is 0.0584 e. The third-order valence-corrected chi connectivity index (χ3v) is 1.54. The van der Waals surface area contributed by atoms with Crippen molar-refractivity contribution >= 4 is 0 Å². The summed E-state index contributed by atoms with van der Waals surface area (Å²) in [5.41, 5.74) is -0.347. The summed E-state index contributed by atoms with van der Waals surface area (Å²) in [6.07, 6.45) is -0.438. The van der Waals surface area contributed by atoms with Gasteiger partial charge in [-0.15, -0.1) is 0 Å². The minimum atomic E-state index is -0.438. The van der Waals surface area contributed by atoms with Gasteiger partial charge < -0.3 is 10.2 Å². The summed E-state index contributed by atoms with van der Waals surface area (Å²) in [6, 6.07) is 0. The molecule has 0 heterocycles. The van der Waals surface area contributed by atoms with Gasteiger partial charge in [0.2, 0.25) is 0 Å². The van der Waals surface area contributed by atoms with Gasteiger partial charge in [-0.05, 0) is 6.92 Å². The summed E-state index contributed by atoms with van der Waals surface area (Å²) < 4.78 is 0. The molecule has 0 aliphatic rings. The van der Waals surface area contributed by atoms with E-state index in [9.17, 15) is 0 Å². The van der Waals surface area contributed by atoms with Crippen LogP contribution < -0.4 is 0 Å². The van der Waals surface area contributed by atoms with Crippen LogP contribution in [0.15, 0.2) is 0 Å². The van der Waals surface area contributed by atoms with Gasteiger partial charge >= 0.3 is 0 Å². The van der Waals surface area contributed by atoms with Crippen LogP contribution in [0.3, 0.4) is 0 Å². The lowest BCUT2D eigenvalue weighted by Gasteiger charge is -2.24. The second-order valence-corrected chi connectivity index (χ2v) is 2.82. The van der Waals surface area contributed by atoms with E-state index >= 15 is 0 Å². The van der Waals surface area contributed by atoms with Crippen LogP contribution >= 0.6 is 0 Å². The minimum absolute atomic E-state index is 0.0324. The molecule has 2 N–H and O–H groups in total. The van der Waals surface area contributed by atoms with Crippen LogP contribution in [0.1, 0.15) is 20.8 Å². The van der Waals surface area contributed by atoms with Crippen LogP contribution in [-0.2, 0) is 0 Å². The van der Waals surface area contributed by atoms with Crippen molar-refractivity contribution in [3.63, 3.8) is 0 Å². The van der Waals surface area contributed by atoms with Gasteiger partial charge in [-0.25, -0.2) is 0 Å². The van der Waals surface area contributed by atoms with Gasteiger partial charge in [0.1, 0.15) is 0 Å². The van der Waals surface area contributed by atoms with Crippen LogP contribution in [0.4, 0.5) is 0 Å². The predicted octanol–water partition coefficient (Wildman–Crippen LogP) is 0.386. The van der Waals surface area contributed by atoms with E-state index in [-0.39, 0.29) is 12.0 Å². The van der Waals surface area contributed by atoms with Crippen molar-refractivity contribution in [2.75, 3.05) is 6.61 Å². The molecule has 1 atom stereocenters. The molecule has 50 valence electrons. The van der Waals surface area contributed by atoms with Gasteiger partial charge in [-0.2, -0.15) is 0 Å². The van der Waals surface area contributed by atoms with Gasteiger partial charge in [-0.1, -0.05) is 13.8 Å². The Hall–Kier alpha value is -0.0800. The lowest BCUT2D eigenvalue weighted by Crippen LogP contribution is -2.29. The maximum atomic E-state index is 8.92. The van der Waals surface area contributed by atoms with Crippen LogP contribution in [-0.4, -0.2) is 22.9 Å². The Balaban J connectivity index is 3.71. The molecule has 0 aromatic carbocycles. The topological polar surface area (TPSA) is 40.5 Å². The summed E-state index contributed by atoms with van der Waals surface area (Å²) >= 11 is 0. The fourth-order valence-corrected chi connectivity index (χ4v) is 0.132. The lowest BCUT2D eigenvalue weighted by atomic mass is 9.89. The third-order valence-electron chi connectivity index (χ3n) is 1.54. The maximum absolute atomic E-state index is 8.92. The second kappa shape index (κ2) is 2.46. The zero-order valence-corrected chi connectivity index (χ0v) is 5.68. The number of aliphatic hydroxyl groups excluding tert-OH is 2. The number of hydrogen-bond acceptors (Lipinski definition) is 2. The Morgan fingerprint density at radius 3 is 1.88 bits per heavy atom. The first kappa shape index (κ1) is 7.92. The zero-order valence-electron chi connectivity index (χ0n) is 5.68. The van der Waals surface area contributed by atoms with E-state index < -0.39 is 6.10 Å². The average molecular weight is 118 g/mol. The molecule has 0 aromatic heterocycles. The first-order valence-electron chi connectivity index (χ1n) is 2.79. The predicted molar refractivity (Wildman–Crippen MR) is 32.5 cm³/mol. The Morgan fingerprint density at radius 1 is 1.50 bits per heavy atom. The van der Waals surface area contributed by atoms with Gasteiger partial charge in [0.25, 0.3) is 0 Å². The molecule has 8 heavy (non-hydrogen) atoms. The van der Waals surface area contributed by atoms with Crippen molar-refractivity contribution in [1.82, 2.24) is 0 Å². The highest BCUT2D eigenvalue weighted by atomic mass is 16.3. The molecule has 0 spiro atoms. The van der Waals surface area contributed by atoms with E-state index in [0.29, 0.717) is 0 Å².